The Labute approximate surface area is 143 Å². The molecule has 3 N–H and O–H groups in total. The number of ether oxygens (including phenoxy) is 2. The molecule has 1 atom stereocenters. The fourth-order valence-corrected chi connectivity index (χ4v) is 2.46. The van der Waals surface area contributed by atoms with Gasteiger partial charge in [0.15, 0.2) is 0 Å². The van der Waals surface area contributed by atoms with Crippen molar-refractivity contribution in [3.63, 3.8) is 0 Å². The van der Waals surface area contributed by atoms with Gasteiger partial charge in [0.05, 0.1) is 31.0 Å². The lowest BCUT2D eigenvalue weighted by atomic mass is 10.1. The van der Waals surface area contributed by atoms with Gasteiger partial charge >= 0.3 is 0 Å². The van der Waals surface area contributed by atoms with Crippen molar-refractivity contribution in [2.75, 3.05) is 37.0 Å². The Bertz CT molecular complexity index is 549. The number of hydrogen-bond acceptors (Lipinski definition) is 5. The first-order valence-electron chi connectivity index (χ1n) is 7.46. The molecule has 0 radical (unpaired) electrons. The summed E-state index contributed by atoms with van der Waals surface area (Å²) in [5.74, 6) is 0.384. The monoisotopic (exact) mass is 343 g/mol. The maximum Gasteiger partial charge on any atom is 0.241 e. The van der Waals surface area contributed by atoms with Gasteiger partial charge in [0.2, 0.25) is 5.91 Å². The molecule has 1 unspecified atom stereocenters. The van der Waals surface area contributed by atoms with Crippen molar-refractivity contribution >= 4 is 29.7 Å². The van der Waals surface area contributed by atoms with Gasteiger partial charge in [-0.15, -0.1) is 12.4 Å². The second-order valence-electron chi connectivity index (χ2n) is 6.19. The Morgan fingerprint density at radius 3 is 2.74 bits per heavy atom. The molecule has 1 aliphatic rings. The second-order valence-corrected chi connectivity index (χ2v) is 6.19. The van der Waals surface area contributed by atoms with Gasteiger partial charge < -0.3 is 25.4 Å². The number of halogens is 1. The van der Waals surface area contributed by atoms with Crippen LogP contribution in [0, 0.1) is 0 Å². The highest BCUT2D eigenvalue weighted by atomic mass is 35.5. The van der Waals surface area contributed by atoms with Crippen LogP contribution in [0.4, 0.5) is 11.4 Å². The Morgan fingerprint density at radius 1 is 1.48 bits per heavy atom. The molecule has 1 aromatic rings. The molecule has 0 saturated carbocycles. The first-order valence-corrected chi connectivity index (χ1v) is 7.46. The number of nitrogens with one attached hydrogen (secondary N) is 1. The number of rotatable bonds is 4. The molecule has 0 spiro atoms. The van der Waals surface area contributed by atoms with Crippen molar-refractivity contribution in [3.05, 3.63) is 18.2 Å². The van der Waals surface area contributed by atoms with Crippen LogP contribution in [0.1, 0.15) is 20.8 Å². The fourth-order valence-electron chi connectivity index (χ4n) is 2.46. The number of carbonyl (C=O) groups excluding carboxylic acids is 1. The fraction of sp³-hybridized carbons (Fsp3) is 0.562. The summed E-state index contributed by atoms with van der Waals surface area (Å²) in [6, 6.07) is 5.18. The molecule has 7 heteroatoms. The summed E-state index contributed by atoms with van der Waals surface area (Å²) in [4.78, 5) is 14.0. The lowest BCUT2D eigenvalue weighted by Gasteiger charge is -2.39. The molecule has 1 fully saturated rings. The maximum absolute atomic E-state index is 11.7. The lowest BCUT2D eigenvalue weighted by molar-refractivity contribution is -0.117. The van der Waals surface area contributed by atoms with Crippen LogP contribution in [-0.4, -0.2) is 44.4 Å². The van der Waals surface area contributed by atoms with E-state index in [2.05, 4.69) is 24.1 Å². The number of morpholine rings is 1. The largest absolute Gasteiger partial charge is 0.494 e. The SMILES string of the molecule is COc1cc(N2CCOC(C)(C)C2)ccc1NC(=O)C(C)N.Cl. The molecule has 1 amide bonds. The topological polar surface area (TPSA) is 76.8 Å². The molecular weight excluding hydrogens is 318 g/mol. The normalized spacial score (nSPS) is 17.9. The average molecular weight is 344 g/mol. The van der Waals surface area contributed by atoms with E-state index in [0.29, 0.717) is 18.0 Å². The van der Waals surface area contributed by atoms with E-state index in [0.717, 1.165) is 18.8 Å². The van der Waals surface area contributed by atoms with Crippen LogP contribution in [0.25, 0.3) is 0 Å². The van der Waals surface area contributed by atoms with Crippen LogP contribution >= 0.6 is 12.4 Å². The number of methoxy groups -OCH3 is 1. The Balaban J connectivity index is 0.00000264. The third-order valence-electron chi connectivity index (χ3n) is 3.65. The summed E-state index contributed by atoms with van der Waals surface area (Å²) in [5.41, 5.74) is 7.08. The van der Waals surface area contributed by atoms with Crippen LogP contribution < -0.4 is 20.7 Å². The summed E-state index contributed by atoms with van der Waals surface area (Å²) in [5, 5.41) is 2.78. The highest BCUT2D eigenvalue weighted by Crippen LogP contribution is 2.31. The summed E-state index contributed by atoms with van der Waals surface area (Å²) < 4.78 is 11.1. The van der Waals surface area contributed by atoms with Crippen LogP contribution in [0.3, 0.4) is 0 Å². The smallest absolute Gasteiger partial charge is 0.241 e. The van der Waals surface area contributed by atoms with Crippen molar-refractivity contribution in [1.82, 2.24) is 0 Å². The van der Waals surface area contributed by atoms with Crippen LogP contribution in [0.5, 0.6) is 5.75 Å². The van der Waals surface area contributed by atoms with E-state index >= 15 is 0 Å². The highest BCUT2D eigenvalue weighted by Gasteiger charge is 2.27. The Kier molecular flexibility index (Phi) is 6.68. The number of nitrogens with zero attached hydrogens (tertiary/aromatic N) is 1. The molecular formula is C16H26ClN3O3. The van der Waals surface area contributed by atoms with E-state index in [-0.39, 0.29) is 23.9 Å². The maximum atomic E-state index is 11.7. The zero-order chi connectivity index (χ0) is 16.3. The molecule has 0 aromatic heterocycles. The average Bonchev–Trinajstić information content (AvgIpc) is 2.46. The molecule has 0 bridgehead atoms. The highest BCUT2D eigenvalue weighted by molar-refractivity contribution is 5.96. The van der Waals surface area contributed by atoms with Gasteiger partial charge in [0.25, 0.3) is 0 Å². The predicted octanol–water partition coefficient (Wildman–Crippen LogP) is 2.02. The second kappa shape index (κ2) is 7.86. The third-order valence-corrected chi connectivity index (χ3v) is 3.65. The van der Waals surface area contributed by atoms with E-state index in [1.54, 1.807) is 14.0 Å². The number of hydrogen-bond donors (Lipinski definition) is 2. The molecule has 1 aromatic carbocycles. The van der Waals surface area contributed by atoms with E-state index in [4.69, 9.17) is 15.2 Å². The summed E-state index contributed by atoms with van der Waals surface area (Å²) in [6.07, 6.45) is 0. The molecule has 23 heavy (non-hydrogen) atoms. The van der Waals surface area contributed by atoms with Crippen LogP contribution in [0.2, 0.25) is 0 Å². The molecule has 2 rings (SSSR count). The summed E-state index contributed by atoms with van der Waals surface area (Å²) in [7, 11) is 1.59. The number of amides is 1. The minimum absolute atomic E-state index is 0. The van der Waals surface area contributed by atoms with E-state index < -0.39 is 6.04 Å². The van der Waals surface area contributed by atoms with Gasteiger partial charge in [-0.05, 0) is 32.9 Å². The number of nitrogens with two attached hydrogens (primary N) is 1. The van der Waals surface area contributed by atoms with Crippen molar-refractivity contribution in [3.8, 4) is 5.75 Å². The molecule has 6 nitrogen and oxygen atoms in total. The number of carbonyl (C=O) groups is 1. The lowest BCUT2D eigenvalue weighted by Crippen LogP contribution is -2.48. The third kappa shape index (κ3) is 4.99. The van der Waals surface area contributed by atoms with Crippen LogP contribution in [-0.2, 0) is 9.53 Å². The van der Waals surface area contributed by atoms with Gasteiger partial charge in [-0.25, -0.2) is 0 Å². The van der Waals surface area contributed by atoms with Gasteiger partial charge in [0.1, 0.15) is 5.75 Å². The van der Waals surface area contributed by atoms with Crippen LogP contribution in [0.15, 0.2) is 18.2 Å². The van der Waals surface area contributed by atoms with E-state index in [9.17, 15) is 4.79 Å². The standard InChI is InChI=1S/C16H25N3O3.ClH/c1-11(17)15(20)18-13-6-5-12(9-14(13)21-4)19-7-8-22-16(2,3)10-19;/h5-6,9,11H,7-8,10,17H2,1-4H3,(H,18,20);1H. The predicted molar refractivity (Wildman–Crippen MR) is 94.8 cm³/mol. The molecule has 1 heterocycles. The summed E-state index contributed by atoms with van der Waals surface area (Å²) in [6.45, 7) is 8.13. The van der Waals surface area contributed by atoms with Crippen molar-refractivity contribution in [2.24, 2.45) is 5.73 Å². The van der Waals surface area contributed by atoms with Crippen molar-refractivity contribution < 1.29 is 14.3 Å². The first kappa shape index (κ1) is 19.5. The van der Waals surface area contributed by atoms with Crippen molar-refractivity contribution in [1.29, 1.82) is 0 Å². The summed E-state index contributed by atoms with van der Waals surface area (Å²) >= 11 is 0. The van der Waals surface area contributed by atoms with Gasteiger partial charge in [-0.1, -0.05) is 0 Å². The first-order chi connectivity index (χ1) is 10.3. The Morgan fingerprint density at radius 2 is 2.17 bits per heavy atom. The van der Waals surface area contributed by atoms with E-state index in [1.807, 2.05) is 18.2 Å². The zero-order valence-electron chi connectivity index (χ0n) is 14.1. The minimum Gasteiger partial charge on any atom is -0.494 e. The number of anilines is 2. The quantitative estimate of drug-likeness (QED) is 0.874. The van der Waals surface area contributed by atoms with Gasteiger partial charge in [-0.3, -0.25) is 4.79 Å². The van der Waals surface area contributed by atoms with E-state index in [1.165, 1.54) is 0 Å². The Hall–Kier alpha value is -1.50. The molecule has 0 aliphatic carbocycles. The molecule has 1 saturated heterocycles. The minimum atomic E-state index is -0.565. The molecule has 130 valence electrons. The van der Waals surface area contributed by atoms with Gasteiger partial charge in [-0.2, -0.15) is 0 Å². The van der Waals surface area contributed by atoms with Crippen molar-refractivity contribution in [2.45, 2.75) is 32.4 Å². The zero-order valence-corrected chi connectivity index (χ0v) is 14.9. The number of benzene rings is 1. The molecule has 1 aliphatic heterocycles. The van der Waals surface area contributed by atoms with Gasteiger partial charge in [0, 0.05) is 24.8 Å².